The number of halogens is 1. The molecule has 184 valence electrons. The highest BCUT2D eigenvalue weighted by Crippen LogP contribution is 2.39. The molecule has 5 rings (SSSR count). The molecular weight excluding hydrogens is 457 g/mol. The van der Waals surface area contributed by atoms with Crippen molar-refractivity contribution in [3.8, 4) is 17.2 Å². The van der Waals surface area contributed by atoms with Crippen LogP contribution in [0.2, 0.25) is 0 Å². The highest BCUT2D eigenvalue weighted by Gasteiger charge is 2.33. The Labute approximate surface area is 210 Å². The maximum Gasteiger partial charge on any atom is 0.227 e. The van der Waals surface area contributed by atoms with E-state index in [0.29, 0.717) is 30.2 Å². The molecule has 0 aromatic heterocycles. The second kappa shape index (κ2) is 10.3. The number of hydrogen-bond acceptors (Lipinski definition) is 4. The van der Waals surface area contributed by atoms with Gasteiger partial charge in [0.2, 0.25) is 5.91 Å². The van der Waals surface area contributed by atoms with E-state index in [1.807, 2.05) is 41.3 Å². The van der Waals surface area contributed by atoms with Gasteiger partial charge in [0.25, 0.3) is 0 Å². The van der Waals surface area contributed by atoms with E-state index in [2.05, 4.69) is 18.2 Å². The van der Waals surface area contributed by atoms with Gasteiger partial charge in [-0.25, -0.2) is 4.39 Å². The minimum Gasteiger partial charge on any atom is -0.493 e. The highest BCUT2D eigenvalue weighted by molar-refractivity contribution is 5.90. The first kappa shape index (κ1) is 23.7. The van der Waals surface area contributed by atoms with Gasteiger partial charge in [-0.2, -0.15) is 0 Å². The minimum absolute atomic E-state index is 0.0273. The Hall–Kier alpha value is -4.06. The average molecular weight is 486 g/mol. The van der Waals surface area contributed by atoms with E-state index in [-0.39, 0.29) is 30.8 Å². The van der Waals surface area contributed by atoms with Crippen molar-refractivity contribution in [2.45, 2.75) is 18.9 Å². The molecule has 1 atom stereocenters. The van der Waals surface area contributed by atoms with Gasteiger partial charge in [0.15, 0.2) is 11.5 Å². The van der Waals surface area contributed by atoms with Gasteiger partial charge in [-0.15, -0.1) is 0 Å². The predicted octanol–water partition coefficient (Wildman–Crippen LogP) is 5.74. The molecule has 0 saturated heterocycles. The second-order valence-electron chi connectivity index (χ2n) is 8.84. The largest absolute Gasteiger partial charge is 0.493 e. The summed E-state index contributed by atoms with van der Waals surface area (Å²) in [6.45, 7) is 0.791. The lowest BCUT2D eigenvalue weighted by Gasteiger charge is -2.38. The van der Waals surface area contributed by atoms with Crippen molar-refractivity contribution >= 4 is 16.7 Å². The van der Waals surface area contributed by atoms with Crippen LogP contribution in [-0.2, 0) is 17.6 Å². The van der Waals surface area contributed by atoms with Crippen molar-refractivity contribution < 1.29 is 23.4 Å². The molecule has 1 amide bonds. The van der Waals surface area contributed by atoms with Crippen molar-refractivity contribution in [1.29, 1.82) is 0 Å². The monoisotopic (exact) mass is 485 g/mol. The molecule has 6 heteroatoms. The van der Waals surface area contributed by atoms with Crippen LogP contribution in [-0.4, -0.2) is 38.2 Å². The Kier molecular flexibility index (Phi) is 6.76. The first-order valence-corrected chi connectivity index (χ1v) is 12.0. The number of hydrogen-bond donors (Lipinski definition) is 0. The van der Waals surface area contributed by atoms with E-state index < -0.39 is 0 Å². The summed E-state index contributed by atoms with van der Waals surface area (Å²) in [5, 5.41) is 2.19. The fourth-order valence-electron chi connectivity index (χ4n) is 4.92. The van der Waals surface area contributed by atoms with Crippen molar-refractivity contribution in [2.24, 2.45) is 0 Å². The number of ether oxygens (including phenoxy) is 3. The van der Waals surface area contributed by atoms with Crippen LogP contribution in [0, 0.1) is 5.82 Å². The molecule has 4 aromatic carbocycles. The lowest BCUT2D eigenvalue weighted by atomic mass is 9.91. The van der Waals surface area contributed by atoms with E-state index in [1.54, 1.807) is 26.4 Å². The number of carbonyl (C=O) groups excluding carboxylic acids is 1. The standard InChI is InChI=1S/C30H28FNO4/c1-34-28-16-22-14-15-32(30(33)17-21-8-5-7-20-6-3-4-9-25(20)21)27(26(22)18-29(28)35-2)19-36-24-12-10-23(31)11-13-24/h3-13,16,18,27H,14-15,17,19H2,1-2H3/t27-/m1/s1. The molecule has 0 fully saturated rings. The molecule has 36 heavy (non-hydrogen) atoms. The molecule has 1 aliphatic heterocycles. The maximum atomic E-state index is 13.7. The zero-order valence-corrected chi connectivity index (χ0v) is 20.4. The van der Waals surface area contributed by atoms with Gasteiger partial charge in [-0.05, 0) is 70.3 Å². The van der Waals surface area contributed by atoms with Crippen LogP contribution in [0.1, 0.15) is 22.7 Å². The van der Waals surface area contributed by atoms with Gasteiger partial charge >= 0.3 is 0 Å². The Balaban J connectivity index is 1.47. The second-order valence-corrected chi connectivity index (χ2v) is 8.84. The molecular formula is C30H28FNO4. The zero-order chi connectivity index (χ0) is 25.1. The topological polar surface area (TPSA) is 48.0 Å². The van der Waals surface area contributed by atoms with Crippen molar-refractivity contribution in [3.63, 3.8) is 0 Å². The third-order valence-corrected chi connectivity index (χ3v) is 6.77. The van der Waals surface area contributed by atoms with Gasteiger partial charge in [0, 0.05) is 6.54 Å². The van der Waals surface area contributed by atoms with Crippen molar-refractivity contribution in [3.05, 3.63) is 101 Å². The van der Waals surface area contributed by atoms with Gasteiger partial charge in [0.05, 0.1) is 26.7 Å². The zero-order valence-electron chi connectivity index (χ0n) is 20.4. The van der Waals surface area contributed by atoms with Crippen LogP contribution in [0.25, 0.3) is 10.8 Å². The molecule has 1 aliphatic rings. The molecule has 0 saturated carbocycles. The number of carbonyl (C=O) groups is 1. The predicted molar refractivity (Wildman–Crippen MR) is 137 cm³/mol. The molecule has 5 nitrogen and oxygen atoms in total. The van der Waals surface area contributed by atoms with Crippen LogP contribution in [0.15, 0.2) is 78.9 Å². The number of nitrogens with zero attached hydrogens (tertiary/aromatic N) is 1. The van der Waals surface area contributed by atoms with Crippen LogP contribution in [0.4, 0.5) is 4.39 Å². The maximum absolute atomic E-state index is 13.7. The first-order chi connectivity index (χ1) is 17.6. The Morgan fingerprint density at radius 3 is 2.44 bits per heavy atom. The molecule has 0 spiro atoms. The molecule has 0 radical (unpaired) electrons. The number of methoxy groups -OCH3 is 2. The number of fused-ring (bicyclic) bond motifs is 2. The fraction of sp³-hybridized carbons (Fsp3) is 0.233. The van der Waals surface area contributed by atoms with Crippen LogP contribution in [0.5, 0.6) is 17.2 Å². The summed E-state index contributed by atoms with van der Waals surface area (Å²) in [6.07, 6.45) is 0.987. The first-order valence-electron chi connectivity index (χ1n) is 12.0. The minimum atomic E-state index is -0.332. The molecule has 0 unspecified atom stereocenters. The molecule has 0 bridgehead atoms. The van der Waals surface area contributed by atoms with E-state index in [9.17, 15) is 9.18 Å². The third kappa shape index (κ3) is 4.71. The summed E-state index contributed by atoms with van der Waals surface area (Å²) >= 11 is 0. The van der Waals surface area contributed by atoms with Gasteiger partial charge < -0.3 is 19.1 Å². The summed E-state index contributed by atoms with van der Waals surface area (Å²) < 4.78 is 30.5. The summed E-state index contributed by atoms with van der Waals surface area (Å²) in [4.78, 5) is 15.6. The Bertz CT molecular complexity index is 1380. The molecule has 0 N–H and O–H groups in total. The van der Waals surface area contributed by atoms with Crippen LogP contribution < -0.4 is 14.2 Å². The van der Waals surface area contributed by atoms with E-state index in [0.717, 1.165) is 27.5 Å². The van der Waals surface area contributed by atoms with Crippen molar-refractivity contribution in [2.75, 3.05) is 27.4 Å². The number of benzene rings is 4. The molecule has 0 aliphatic carbocycles. The fourth-order valence-corrected chi connectivity index (χ4v) is 4.92. The molecule has 4 aromatic rings. The average Bonchev–Trinajstić information content (AvgIpc) is 2.91. The normalized spacial score (nSPS) is 14.9. The van der Waals surface area contributed by atoms with Gasteiger partial charge in [-0.3, -0.25) is 4.79 Å². The van der Waals surface area contributed by atoms with E-state index in [4.69, 9.17) is 14.2 Å². The quantitative estimate of drug-likeness (QED) is 0.335. The summed E-state index contributed by atoms with van der Waals surface area (Å²) in [5.41, 5.74) is 3.05. The SMILES string of the molecule is COc1cc2c(cc1OC)[C@@H](COc1ccc(F)cc1)N(C(=O)Cc1cccc3ccccc13)CC2. The Morgan fingerprint density at radius 2 is 1.67 bits per heavy atom. The third-order valence-electron chi connectivity index (χ3n) is 6.77. The van der Waals surface area contributed by atoms with Crippen molar-refractivity contribution in [1.82, 2.24) is 4.90 Å². The summed E-state index contributed by atoms with van der Waals surface area (Å²) in [6, 6.07) is 23.6. The lowest BCUT2D eigenvalue weighted by molar-refractivity contribution is -0.134. The molecule has 1 heterocycles. The lowest BCUT2D eigenvalue weighted by Crippen LogP contribution is -2.43. The smallest absolute Gasteiger partial charge is 0.227 e. The Morgan fingerprint density at radius 1 is 0.944 bits per heavy atom. The summed E-state index contributed by atoms with van der Waals surface area (Å²) in [7, 11) is 3.21. The highest BCUT2D eigenvalue weighted by atomic mass is 19.1. The van der Waals surface area contributed by atoms with Gasteiger partial charge in [-0.1, -0.05) is 42.5 Å². The summed E-state index contributed by atoms with van der Waals surface area (Å²) in [5.74, 6) is 1.51. The number of amides is 1. The van der Waals surface area contributed by atoms with E-state index in [1.165, 1.54) is 12.1 Å². The van der Waals surface area contributed by atoms with E-state index >= 15 is 0 Å². The van der Waals surface area contributed by atoms with Crippen LogP contribution in [0.3, 0.4) is 0 Å². The van der Waals surface area contributed by atoms with Crippen LogP contribution >= 0.6 is 0 Å². The number of rotatable bonds is 7. The van der Waals surface area contributed by atoms with Gasteiger partial charge in [0.1, 0.15) is 18.2 Å².